The number of carbonyl (C=O) groups is 1. The number of nitrogens with one attached hydrogen (secondary N) is 2. The molecule has 2 fully saturated rings. The standard InChI is InChI=1S/C18H25N7O2/c26-17(24-10-6-15(7-11-24)25-13-20-22-18(25)27)21-14-4-5-16(19-12-14)23-8-2-1-3-9-23/h4-5,12-13,15H,1-3,6-11H2,(H,21,26)(H,22,27). The van der Waals surface area contributed by atoms with Gasteiger partial charge in [-0.2, -0.15) is 5.10 Å². The molecule has 9 heteroatoms. The van der Waals surface area contributed by atoms with Gasteiger partial charge in [0.2, 0.25) is 0 Å². The van der Waals surface area contributed by atoms with E-state index in [1.807, 2.05) is 12.1 Å². The van der Waals surface area contributed by atoms with Gasteiger partial charge in [-0.05, 0) is 44.2 Å². The first kappa shape index (κ1) is 17.6. The quantitative estimate of drug-likeness (QED) is 0.857. The summed E-state index contributed by atoms with van der Waals surface area (Å²) in [6, 6.07) is 3.84. The van der Waals surface area contributed by atoms with Crippen molar-refractivity contribution in [2.24, 2.45) is 0 Å². The van der Waals surface area contributed by atoms with E-state index in [1.54, 1.807) is 15.7 Å². The summed E-state index contributed by atoms with van der Waals surface area (Å²) < 4.78 is 1.61. The molecular weight excluding hydrogens is 346 g/mol. The van der Waals surface area contributed by atoms with Crippen LogP contribution in [0.15, 0.2) is 29.5 Å². The molecule has 0 bridgehead atoms. The van der Waals surface area contributed by atoms with Crippen LogP contribution in [0, 0.1) is 0 Å². The number of H-pyrrole nitrogens is 1. The number of anilines is 2. The first-order valence-electron chi connectivity index (χ1n) is 9.59. The molecule has 2 aromatic rings. The second-order valence-electron chi connectivity index (χ2n) is 7.17. The lowest BCUT2D eigenvalue weighted by molar-refractivity contribution is 0.183. The summed E-state index contributed by atoms with van der Waals surface area (Å²) in [7, 11) is 0. The molecule has 2 aliphatic heterocycles. The van der Waals surface area contributed by atoms with Gasteiger partial charge in [0.1, 0.15) is 12.1 Å². The number of hydrogen-bond donors (Lipinski definition) is 2. The van der Waals surface area contributed by atoms with Crippen molar-refractivity contribution in [3.8, 4) is 0 Å². The number of aromatic amines is 1. The van der Waals surface area contributed by atoms with Gasteiger partial charge in [-0.3, -0.25) is 4.57 Å². The van der Waals surface area contributed by atoms with E-state index in [9.17, 15) is 9.59 Å². The summed E-state index contributed by atoms with van der Waals surface area (Å²) in [4.78, 5) is 32.7. The molecule has 9 nitrogen and oxygen atoms in total. The van der Waals surface area contributed by atoms with Crippen LogP contribution in [-0.4, -0.2) is 56.9 Å². The van der Waals surface area contributed by atoms with Crippen molar-refractivity contribution in [3.05, 3.63) is 35.1 Å². The van der Waals surface area contributed by atoms with Crippen molar-refractivity contribution in [1.29, 1.82) is 0 Å². The van der Waals surface area contributed by atoms with Gasteiger partial charge in [-0.15, -0.1) is 0 Å². The molecule has 2 amide bonds. The lowest BCUT2D eigenvalue weighted by Crippen LogP contribution is -2.42. The Balaban J connectivity index is 1.30. The predicted molar refractivity (Wildman–Crippen MR) is 102 cm³/mol. The van der Waals surface area contributed by atoms with Gasteiger partial charge in [-0.1, -0.05) is 0 Å². The molecule has 0 aliphatic carbocycles. The van der Waals surface area contributed by atoms with E-state index in [4.69, 9.17) is 0 Å². The molecule has 0 unspecified atom stereocenters. The van der Waals surface area contributed by atoms with Crippen molar-refractivity contribution in [2.45, 2.75) is 38.1 Å². The number of rotatable bonds is 3. The zero-order chi connectivity index (χ0) is 18.6. The van der Waals surface area contributed by atoms with E-state index in [0.29, 0.717) is 18.8 Å². The minimum atomic E-state index is -0.197. The van der Waals surface area contributed by atoms with E-state index in [2.05, 4.69) is 25.4 Å². The fraction of sp³-hybridized carbons (Fsp3) is 0.556. The number of urea groups is 1. The first-order chi connectivity index (χ1) is 13.2. The Hall–Kier alpha value is -2.84. The van der Waals surface area contributed by atoms with Crippen molar-refractivity contribution >= 4 is 17.5 Å². The van der Waals surface area contributed by atoms with Gasteiger partial charge in [0, 0.05) is 32.2 Å². The topological polar surface area (TPSA) is 99.2 Å². The number of nitrogens with zero attached hydrogens (tertiary/aromatic N) is 5. The van der Waals surface area contributed by atoms with Crippen molar-refractivity contribution < 1.29 is 4.79 Å². The van der Waals surface area contributed by atoms with Crippen LogP contribution in [0.4, 0.5) is 16.3 Å². The summed E-state index contributed by atoms with van der Waals surface area (Å²) in [5, 5.41) is 9.11. The van der Waals surface area contributed by atoms with Gasteiger partial charge in [0.15, 0.2) is 0 Å². The van der Waals surface area contributed by atoms with Crippen LogP contribution in [0.1, 0.15) is 38.1 Å². The van der Waals surface area contributed by atoms with Crippen LogP contribution in [0.5, 0.6) is 0 Å². The third-order valence-electron chi connectivity index (χ3n) is 5.40. The molecule has 0 atom stereocenters. The lowest BCUT2D eigenvalue weighted by Gasteiger charge is -2.32. The highest BCUT2D eigenvalue weighted by Gasteiger charge is 2.25. The maximum atomic E-state index is 12.5. The van der Waals surface area contributed by atoms with E-state index in [1.165, 1.54) is 25.6 Å². The van der Waals surface area contributed by atoms with Crippen LogP contribution < -0.4 is 15.9 Å². The molecular formula is C18H25N7O2. The Morgan fingerprint density at radius 1 is 1.11 bits per heavy atom. The highest BCUT2D eigenvalue weighted by atomic mass is 16.2. The molecule has 4 heterocycles. The highest BCUT2D eigenvalue weighted by Crippen LogP contribution is 2.22. The van der Waals surface area contributed by atoms with Crippen LogP contribution in [0.25, 0.3) is 0 Å². The first-order valence-corrected chi connectivity index (χ1v) is 9.59. The monoisotopic (exact) mass is 371 g/mol. The zero-order valence-corrected chi connectivity index (χ0v) is 15.3. The number of aromatic nitrogens is 4. The summed E-state index contributed by atoms with van der Waals surface area (Å²) in [6.45, 7) is 3.31. The summed E-state index contributed by atoms with van der Waals surface area (Å²) in [5.41, 5.74) is 0.506. The Kier molecular flexibility index (Phi) is 5.08. The minimum absolute atomic E-state index is 0.0887. The maximum Gasteiger partial charge on any atom is 0.343 e. The second-order valence-corrected chi connectivity index (χ2v) is 7.17. The summed E-state index contributed by atoms with van der Waals surface area (Å²) in [6.07, 6.45) is 8.43. The SMILES string of the molecule is O=C(Nc1ccc(N2CCCCC2)nc1)N1CCC(n2cn[nH]c2=O)CC1. The van der Waals surface area contributed by atoms with Gasteiger partial charge in [0.25, 0.3) is 0 Å². The lowest BCUT2D eigenvalue weighted by atomic mass is 10.1. The van der Waals surface area contributed by atoms with Gasteiger partial charge in [0.05, 0.1) is 11.9 Å². The Bertz CT molecular complexity index is 815. The van der Waals surface area contributed by atoms with Crippen LogP contribution in [0.3, 0.4) is 0 Å². The largest absolute Gasteiger partial charge is 0.357 e. The minimum Gasteiger partial charge on any atom is -0.357 e. The number of carbonyl (C=O) groups excluding carboxylic acids is 1. The third-order valence-corrected chi connectivity index (χ3v) is 5.40. The van der Waals surface area contributed by atoms with Gasteiger partial charge >= 0.3 is 11.7 Å². The second kappa shape index (κ2) is 7.81. The molecule has 0 spiro atoms. The molecule has 0 aromatic carbocycles. The van der Waals surface area contributed by atoms with Gasteiger partial charge in [-0.25, -0.2) is 19.7 Å². The average molecular weight is 371 g/mol. The summed E-state index contributed by atoms with van der Waals surface area (Å²) in [5.74, 6) is 0.971. The summed E-state index contributed by atoms with van der Waals surface area (Å²) >= 11 is 0. The van der Waals surface area contributed by atoms with Crippen LogP contribution in [0.2, 0.25) is 0 Å². The molecule has 27 heavy (non-hydrogen) atoms. The fourth-order valence-electron chi connectivity index (χ4n) is 3.84. The highest BCUT2D eigenvalue weighted by molar-refractivity contribution is 5.89. The zero-order valence-electron chi connectivity index (χ0n) is 15.3. The number of pyridine rings is 1. The predicted octanol–water partition coefficient (Wildman–Crippen LogP) is 1.83. The molecule has 144 valence electrons. The van der Waals surface area contributed by atoms with E-state index >= 15 is 0 Å². The Morgan fingerprint density at radius 2 is 1.89 bits per heavy atom. The van der Waals surface area contributed by atoms with E-state index < -0.39 is 0 Å². The van der Waals surface area contributed by atoms with Crippen molar-refractivity contribution in [2.75, 3.05) is 36.4 Å². The number of amides is 2. The Labute approximate surface area is 157 Å². The number of likely N-dealkylation sites (tertiary alicyclic amines) is 1. The molecule has 2 aliphatic rings. The van der Waals surface area contributed by atoms with E-state index in [0.717, 1.165) is 31.7 Å². The molecule has 4 rings (SSSR count). The van der Waals surface area contributed by atoms with Crippen LogP contribution in [-0.2, 0) is 0 Å². The molecule has 0 radical (unpaired) electrons. The molecule has 2 saturated heterocycles. The molecule has 2 N–H and O–H groups in total. The smallest absolute Gasteiger partial charge is 0.343 e. The van der Waals surface area contributed by atoms with Crippen molar-refractivity contribution in [3.63, 3.8) is 0 Å². The number of piperidine rings is 2. The third kappa shape index (κ3) is 3.96. The normalized spacial score (nSPS) is 18.5. The fourth-order valence-corrected chi connectivity index (χ4v) is 3.84. The van der Waals surface area contributed by atoms with Gasteiger partial charge < -0.3 is 15.1 Å². The Morgan fingerprint density at radius 3 is 2.52 bits per heavy atom. The van der Waals surface area contributed by atoms with Crippen molar-refractivity contribution in [1.82, 2.24) is 24.6 Å². The molecule has 2 aromatic heterocycles. The average Bonchev–Trinajstić information content (AvgIpc) is 3.15. The van der Waals surface area contributed by atoms with Crippen LogP contribution >= 0.6 is 0 Å². The van der Waals surface area contributed by atoms with E-state index in [-0.39, 0.29) is 17.8 Å². The maximum absolute atomic E-state index is 12.5. The molecule has 0 saturated carbocycles. The number of hydrogen-bond acceptors (Lipinski definition) is 5.